The van der Waals surface area contributed by atoms with Crippen LogP contribution in [0.5, 0.6) is 0 Å². The molecule has 116 valence electrons. The number of alkyl halides is 5. The molecule has 1 saturated heterocycles. The number of hydrogen-bond donors (Lipinski definition) is 1. The molecule has 0 spiro atoms. The Labute approximate surface area is 117 Å². The third-order valence-electron chi connectivity index (χ3n) is 3.29. The summed E-state index contributed by atoms with van der Waals surface area (Å²) in [6, 6.07) is 2.84. The van der Waals surface area contributed by atoms with Gasteiger partial charge in [-0.15, -0.1) is 0 Å². The van der Waals surface area contributed by atoms with E-state index in [0.29, 0.717) is 0 Å². The number of likely N-dealkylation sites (tertiary alicyclic amines) is 1. The second-order valence-electron chi connectivity index (χ2n) is 5.02. The Morgan fingerprint density at radius 2 is 2.05 bits per heavy atom. The minimum atomic E-state index is -4.53. The van der Waals surface area contributed by atoms with Gasteiger partial charge in [0.2, 0.25) is 0 Å². The van der Waals surface area contributed by atoms with Crippen LogP contribution in [0, 0.1) is 0 Å². The first-order valence-corrected chi connectivity index (χ1v) is 6.09. The molecule has 3 nitrogen and oxygen atoms in total. The molecular weight excluding hydrogens is 297 g/mol. The van der Waals surface area contributed by atoms with E-state index in [1.54, 1.807) is 0 Å². The Morgan fingerprint density at radius 3 is 2.62 bits per heavy atom. The Bertz CT molecular complexity index is 544. The maximum Gasteiger partial charge on any atom is 0.416 e. The number of carboxylic acids is 1. The van der Waals surface area contributed by atoms with Crippen LogP contribution in [0.1, 0.15) is 17.5 Å². The van der Waals surface area contributed by atoms with Crippen molar-refractivity contribution >= 4 is 5.97 Å². The van der Waals surface area contributed by atoms with Gasteiger partial charge < -0.3 is 5.11 Å². The van der Waals surface area contributed by atoms with Gasteiger partial charge in [0.1, 0.15) is 6.04 Å². The zero-order valence-corrected chi connectivity index (χ0v) is 10.7. The van der Waals surface area contributed by atoms with Crippen LogP contribution in [0.2, 0.25) is 0 Å². The summed E-state index contributed by atoms with van der Waals surface area (Å²) >= 11 is 0. The highest BCUT2D eigenvalue weighted by atomic mass is 19.4. The molecular formula is C13H12F5NO2. The average molecular weight is 309 g/mol. The van der Waals surface area contributed by atoms with Gasteiger partial charge in [0.15, 0.2) is 0 Å². The third kappa shape index (κ3) is 3.69. The molecule has 1 aliphatic heterocycles. The van der Waals surface area contributed by atoms with Crippen molar-refractivity contribution in [2.24, 2.45) is 0 Å². The minimum absolute atomic E-state index is 0.147. The number of halogens is 5. The van der Waals surface area contributed by atoms with E-state index < -0.39 is 42.6 Å². The Balaban J connectivity index is 2.19. The molecule has 0 amide bonds. The van der Waals surface area contributed by atoms with Crippen molar-refractivity contribution < 1.29 is 31.9 Å². The van der Waals surface area contributed by atoms with Crippen LogP contribution in [0.15, 0.2) is 24.3 Å². The van der Waals surface area contributed by atoms with Gasteiger partial charge in [0, 0.05) is 13.0 Å². The Hall–Kier alpha value is -1.70. The lowest BCUT2D eigenvalue weighted by molar-refractivity contribution is -0.142. The number of aliphatic carboxylic acids is 1. The van der Waals surface area contributed by atoms with Gasteiger partial charge in [-0.25, -0.2) is 8.78 Å². The molecule has 0 unspecified atom stereocenters. The first kappa shape index (κ1) is 15.7. The van der Waals surface area contributed by atoms with Gasteiger partial charge in [-0.2, -0.15) is 13.2 Å². The molecule has 21 heavy (non-hydrogen) atoms. The molecule has 0 bridgehead atoms. The quantitative estimate of drug-likeness (QED) is 0.873. The SMILES string of the molecule is O=C(O)[C@H]1CC(F)(F)CN1Cc1cccc(C(F)(F)F)c1. The lowest BCUT2D eigenvalue weighted by Crippen LogP contribution is -2.35. The second kappa shape index (κ2) is 5.25. The van der Waals surface area contributed by atoms with Crippen molar-refractivity contribution in [3.8, 4) is 0 Å². The number of carboxylic acid groups (broad SMARTS) is 1. The van der Waals surface area contributed by atoms with Crippen LogP contribution in [0.25, 0.3) is 0 Å². The summed E-state index contributed by atoms with van der Waals surface area (Å²) in [5, 5.41) is 8.92. The first-order chi connectivity index (χ1) is 9.58. The lowest BCUT2D eigenvalue weighted by Gasteiger charge is -2.20. The van der Waals surface area contributed by atoms with E-state index in [-0.39, 0.29) is 12.1 Å². The number of carbonyl (C=O) groups is 1. The molecule has 2 rings (SSSR count). The highest BCUT2D eigenvalue weighted by Crippen LogP contribution is 2.34. The fourth-order valence-electron chi connectivity index (χ4n) is 2.37. The number of rotatable bonds is 3. The molecule has 1 atom stereocenters. The van der Waals surface area contributed by atoms with Crippen molar-refractivity contribution in [2.75, 3.05) is 6.54 Å². The van der Waals surface area contributed by atoms with Crippen molar-refractivity contribution in [3.63, 3.8) is 0 Å². The van der Waals surface area contributed by atoms with Crippen LogP contribution >= 0.6 is 0 Å². The largest absolute Gasteiger partial charge is 0.480 e. The standard InChI is InChI=1S/C13H12F5NO2/c14-12(15)5-10(11(20)21)19(7-12)6-8-2-1-3-9(4-8)13(16,17)18/h1-4,10H,5-7H2,(H,20,21)/t10-/m1/s1. The number of benzene rings is 1. The van der Waals surface area contributed by atoms with Crippen molar-refractivity contribution in [3.05, 3.63) is 35.4 Å². The zero-order chi connectivity index (χ0) is 15.8. The topological polar surface area (TPSA) is 40.5 Å². The smallest absolute Gasteiger partial charge is 0.416 e. The van der Waals surface area contributed by atoms with Crippen molar-refractivity contribution in [2.45, 2.75) is 31.1 Å². The number of hydrogen-bond acceptors (Lipinski definition) is 2. The second-order valence-corrected chi connectivity index (χ2v) is 5.02. The molecule has 1 aromatic carbocycles. The lowest BCUT2D eigenvalue weighted by atomic mass is 10.1. The van der Waals surface area contributed by atoms with Gasteiger partial charge >= 0.3 is 12.1 Å². The molecule has 1 aliphatic rings. The summed E-state index contributed by atoms with van der Waals surface area (Å²) in [7, 11) is 0. The van der Waals surface area contributed by atoms with Crippen LogP contribution in [0.4, 0.5) is 22.0 Å². The summed E-state index contributed by atoms with van der Waals surface area (Å²) in [5.74, 6) is -4.55. The van der Waals surface area contributed by atoms with E-state index in [9.17, 15) is 26.7 Å². The molecule has 0 aliphatic carbocycles. The molecule has 0 aromatic heterocycles. The maximum absolute atomic E-state index is 13.3. The predicted octanol–water partition coefficient (Wildman–Crippen LogP) is 3.00. The highest BCUT2D eigenvalue weighted by molar-refractivity contribution is 5.74. The van der Waals surface area contributed by atoms with Crippen molar-refractivity contribution in [1.82, 2.24) is 4.90 Å². The molecule has 1 fully saturated rings. The van der Waals surface area contributed by atoms with Gasteiger partial charge in [-0.1, -0.05) is 18.2 Å². The van der Waals surface area contributed by atoms with Crippen LogP contribution in [-0.2, 0) is 17.5 Å². The molecule has 1 aromatic rings. The van der Waals surface area contributed by atoms with E-state index in [1.165, 1.54) is 12.1 Å². The van der Waals surface area contributed by atoms with Gasteiger partial charge in [0.05, 0.1) is 12.1 Å². The van der Waals surface area contributed by atoms with E-state index in [2.05, 4.69) is 0 Å². The number of nitrogens with zero attached hydrogens (tertiary/aromatic N) is 1. The maximum atomic E-state index is 13.3. The van der Waals surface area contributed by atoms with E-state index in [0.717, 1.165) is 17.0 Å². The first-order valence-electron chi connectivity index (χ1n) is 6.09. The fraction of sp³-hybridized carbons (Fsp3) is 0.462. The Morgan fingerprint density at radius 1 is 1.38 bits per heavy atom. The summed E-state index contributed by atoms with van der Waals surface area (Å²) < 4.78 is 64.3. The normalized spacial score (nSPS) is 22.4. The zero-order valence-electron chi connectivity index (χ0n) is 10.7. The van der Waals surface area contributed by atoms with E-state index in [1.807, 2.05) is 0 Å². The summed E-state index contributed by atoms with van der Waals surface area (Å²) in [5.41, 5.74) is -0.744. The van der Waals surface area contributed by atoms with Gasteiger partial charge in [-0.3, -0.25) is 9.69 Å². The molecule has 1 N–H and O–H groups in total. The van der Waals surface area contributed by atoms with Gasteiger partial charge in [0.25, 0.3) is 5.92 Å². The predicted molar refractivity (Wildman–Crippen MR) is 62.8 cm³/mol. The molecule has 0 saturated carbocycles. The average Bonchev–Trinajstić information content (AvgIpc) is 2.64. The van der Waals surface area contributed by atoms with Crippen molar-refractivity contribution in [1.29, 1.82) is 0 Å². The molecule has 1 heterocycles. The summed E-state index contributed by atoms with van der Waals surface area (Å²) in [6.45, 7) is -1.04. The summed E-state index contributed by atoms with van der Waals surface area (Å²) in [6.07, 6.45) is -5.36. The summed E-state index contributed by atoms with van der Waals surface area (Å²) in [4.78, 5) is 11.9. The molecule has 8 heteroatoms. The van der Waals surface area contributed by atoms with Crippen LogP contribution in [0.3, 0.4) is 0 Å². The van der Waals surface area contributed by atoms with Gasteiger partial charge in [-0.05, 0) is 11.6 Å². The van der Waals surface area contributed by atoms with E-state index >= 15 is 0 Å². The minimum Gasteiger partial charge on any atom is -0.480 e. The third-order valence-corrected chi connectivity index (χ3v) is 3.29. The Kier molecular flexibility index (Phi) is 3.92. The van der Waals surface area contributed by atoms with E-state index in [4.69, 9.17) is 5.11 Å². The molecule has 0 radical (unpaired) electrons. The highest BCUT2D eigenvalue weighted by Gasteiger charge is 2.48. The van der Waals surface area contributed by atoms with Crippen LogP contribution < -0.4 is 0 Å². The monoisotopic (exact) mass is 309 g/mol. The van der Waals surface area contributed by atoms with Crippen LogP contribution in [-0.4, -0.2) is 34.5 Å². The fourth-order valence-corrected chi connectivity index (χ4v) is 2.37.